The van der Waals surface area contributed by atoms with Crippen LogP contribution < -0.4 is 20.7 Å². The summed E-state index contributed by atoms with van der Waals surface area (Å²) in [6.45, 7) is 2.39. The van der Waals surface area contributed by atoms with Gasteiger partial charge >= 0.3 is 5.97 Å². The number of carbonyl (C=O) groups is 3. The van der Waals surface area contributed by atoms with Crippen molar-refractivity contribution in [3.05, 3.63) is 65.7 Å². The van der Waals surface area contributed by atoms with Gasteiger partial charge in [0.25, 0.3) is 0 Å². The molecule has 1 saturated heterocycles. The van der Waals surface area contributed by atoms with E-state index in [1.807, 2.05) is 54.6 Å². The van der Waals surface area contributed by atoms with Crippen LogP contribution in [0.5, 0.6) is 5.75 Å². The molecule has 0 spiro atoms. The van der Waals surface area contributed by atoms with Crippen LogP contribution in [0.4, 0.5) is 0 Å². The summed E-state index contributed by atoms with van der Waals surface area (Å²) in [6.07, 6.45) is 0.995. The molecule has 0 saturated carbocycles. The molecule has 8 heteroatoms. The molecule has 3 atom stereocenters. The number of hydrogen-bond donors (Lipinski definition) is 3. The van der Waals surface area contributed by atoms with Gasteiger partial charge in [0.15, 0.2) is 0 Å². The Balaban J connectivity index is 1.57. The number of carbonyl (C=O) groups excluding carboxylic acids is 3. The third-order valence-electron chi connectivity index (χ3n) is 5.19. The Morgan fingerprint density at radius 2 is 1.72 bits per heavy atom. The van der Waals surface area contributed by atoms with E-state index < -0.39 is 30.0 Å². The molecule has 2 aromatic carbocycles. The highest BCUT2D eigenvalue weighted by atomic mass is 16.5. The zero-order valence-corrected chi connectivity index (χ0v) is 18.3. The van der Waals surface area contributed by atoms with E-state index in [9.17, 15) is 14.4 Å². The lowest BCUT2D eigenvalue weighted by Gasteiger charge is -2.18. The van der Waals surface area contributed by atoms with E-state index in [0.29, 0.717) is 19.4 Å². The van der Waals surface area contributed by atoms with Crippen molar-refractivity contribution in [1.29, 1.82) is 0 Å². The molecule has 1 heterocycles. The van der Waals surface area contributed by atoms with Gasteiger partial charge in [0.2, 0.25) is 11.8 Å². The SMILES string of the molecule is CCOC(=O)[C@H]1N[C@@H]1C(=O)N[C@@H](Cc1ccccc1)C(=O)NCCc1ccc(OC)cc1. The first-order valence-electron chi connectivity index (χ1n) is 10.7. The molecule has 3 N–H and O–H groups in total. The van der Waals surface area contributed by atoms with E-state index in [2.05, 4.69) is 16.0 Å². The topological polar surface area (TPSA) is 116 Å². The fourth-order valence-electron chi connectivity index (χ4n) is 3.37. The number of hydrogen-bond acceptors (Lipinski definition) is 6. The largest absolute Gasteiger partial charge is 0.497 e. The maximum atomic E-state index is 12.9. The van der Waals surface area contributed by atoms with Crippen molar-refractivity contribution in [2.24, 2.45) is 0 Å². The number of amides is 2. The van der Waals surface area contributed by atoms with Crippen molar-refractivity contribution < 1.29 is 23.9 Å². The first kappa shape index (κ1) is 23.3. The maximum Gasteiger partial charge on any atom is 0.325 e. The summed E-state index contributed by atoms with van der Waals surface area (Å²) in [6, 6.07) is 15.0. The highest BCUT2D eigenvalue weighted by Crippen LogP contribution is 2.14. The fraction of sp³-hybridized carbons (Fsp3) is 0.375. The van der Waals surface area contributed by atoms with Gasteiger partial charge < -0.3 is 20.1 Å². The molecule has 1 aliphatic heterocycles. The molecule has 2 aromatic rings. The molecule has 0 unspecified atom stereocenters. The van der Waals surface area contributed by atoms with Gasteiger partial charge in [0, 0.05) is 13.0 Å². The Kier molecular flexibility index (Phi) is 8.21. The second-order valence-electron chi connectivity index (χ2n) is 7.51. The van der Waals surface area contributed by atoms with Crippen LogP contribution in [0.1, 0.15) is 18.1 Å². The van der Waals surface area contributed by atoms with Crippen molar-refractivity contribution in [2.45, 2.75) is 37.9 Å². The quantitative estimate of drug-likeness (QED) is 0.355. The number of rotatable bonds is 11. The summed E-state index contributed by atoms with van der Waals surface area (Å²) < 4.78 is 10.1. The predicted octanol–water partition coefficient (Wildman–Crippen LogP) is 0.985. The summed E-state index contributed by atoms with van der Waals surface area (Å²) in [5, 5.41) is 8.49. The average Bonchev–Trinajstić information content (AvgIpc) is 3.61. The van der Waals surface area contributed by atoms with Crippen LogP contribution in [0.3, 0.4) is 0 Å². The molecular formula is C24H29N3O5. The Morgan fingerprint density at radius 3 is 2.38 bits per heavy atom. The van der Waals surface area contributed by atoms with Gasteiger partial charge in [-0.25, -0.2) is 0 Å². The molecule has 32 heavy (non-hydrogen) atoms. The molecule has 2 amide bonds. The van der Waals surface area contributed by atoms with Crippen LogP contribution >= 0.6 is 0 Å². The Morgan fingerprint density at radius 1 is 1.00 bits per heavy atom. The summed E-state index contributed by atoms with van der Waals surface area (Å²) >= 11 is 0. The normalized spacial score (nSPS) is 17.7. The van der Waals surface area contributed by atoms with E-state index in [1.54, 1.807) is 14.0 Å². The molecule has 0 aromatic heterocycles. The highest BCUT2D eigenvalue weighted by Gasteiger charge is 2.49. The number of benzene rings is 2. The first-order chi connectivity index (χ1) is 15.5. The van der Waals surface area contributed by atoms with E-state index in [-0.39, 0.29) is 12.5 Å². The summed E-state index contributed by atoms with van der Waals surface area (Å²) in [4.78, 5) is 37.3. The first-order valence-corrected chi connectivity index (χ1v) is 10.7. The maximum absolute atomic E-state index is 12.9. The number of ether oxygens (including phenoxy) is 2. The molecule has 0 radical (unpaired) electrons. The van der Waals surface area contributed by atoms with Crippen LogP contribution in [-0.4, -0.2) is 56.2 Å². The minimum atomic E-state index is -0.758. The van der Waals surface area contributed by atoms with Crippen molar-refractivity contribution >= 4 is 17.8 Å². The lowest BCUT2D eigenvalue weighted by Crippen LogP contribution is -2.50. The molecule has 3 rings (SSSR count). The van der Waals surface area contributed by atoms with Gasteiger partial charge in [-0.3, -0.25) is 19.7 Å². The molecule has 8 nitrogen and oxygen atoms in total. The van der Waals surface area contributed by atoms with Gasteiger partial charge in [-0.1, -0.05) is 42.5 Å². The summed E-state index contributed by atoms with van der Waals surface area (Å²) in [5.74, 6) is -0.354. The third kappa shape index (κ3) is 6.55. The number of esters is 1. The standard InChI is InChI=1S/C24H29N3O5/c1-3-32-24(30)21-20(27-21)23(29)26-19(15-17-7-5-4-6-8-17)22(28)25-14-13-16-9-11-18(31-2)12-10-16/h4-12,19-21,27H,3,13-15H2,1-2H3,(H,25,28)(H,26,29)/t19-,20-,21-/m0/s1. The average molecular weight is 440 g/mol. The summed E-state index contributed by atoms with van der Waals surface area (Å²) in [7, 11) is 1.61. The van der Waals surface area contributed by atoms with E-state index >= 15 is 0 Å². The zero-order valence-electron chi connectivity index (χ0n) is 18.3. The van der Waals surface area contributed by atoms with E-state index in [1.165, 1.54) is 0 Å². The van der Waals surface area contributed by atoms with Crippen molar-refractivity contribution in [1.82, 2.24) is 16.0 Å². The molecule has 1 aliphatic rings. The molecule has 0 bridgehead atoms. The van der Waals surface area contributed by atoms with Gasteiger partial charge in [-0.2, -0.15) is 0 Å². The molecule has 170 valence electrons. The van der Waals surface area contributed by atoms with Gasteiger partial charge in [-0.15, -0.1) is 0 Å². The van der Waals surface area contributed by atoms with Gasteiger partial charge in [0.05, 0.1) is 13.7 Å². The summed E-state index contributed by atoms with van der Waals surface area (Å²) in [5.41, 5.74) is 1.99. The Bertz CT molecular complexity index is 917. The van der Waals surface area contributed by atoms with Crippen molar-refractivity contribution in [3.63, 3.8) is 0 Å². The van der Waals surface area contributed by atoms with Crippen LogP contribution in [0.2, 0.25) is 0 Å². The van der Waals surface area contributed by atoms with Gasteiger partial charge in [0.1, 0.15) is 23.9 Å². The monoisotopic (exact) mass is 439 g/mol. The van der Waals surface area contributed by atoms with Crippen LogP contribution in [0.25, 0.3) is 0 Å². The van der Waals surface area contributed by atoms with Crippen molar-refractivity contribution in [3.8, 4) is 5.75 Å². The number of nitrogens with one attached hydrogen (secondary N) is 3. The predicted molar refractivity (Wildman–Crippen MR) is 119 cm³/mol. The fourth-order valence-corrected chi connectivity index (χ4v) is 3.37. The smallest absolute Gasteiger partial charge is 0.325 e. The lowest BCUT2D eigenvalue weighted by molar-refractivity contribution is -0.143. The highest BCUT2D eigenvalue weighted by molar-refractivity contribution is 5.97. The Hall–Kier alpha value is -3.39. The van der Waals surface area contributed by atoms with Crippen LogP contribution in [0.15, 0.2) is 54.6 Å². The van der Waals surface area contributed by atoms with Crippen molar-refractivity contribution in [2.75, 3.05) is 20.3 Å². The minimum Gasteiger partial charge on any atom is -0.497 e. The van der Waals surface area contributed by atoms with E-state index in [0.717, 1.165) is 16.9 Å². The Labute approximate surface area is 187 Å². The third-order valence-corrected chi connectivity index (χ3v) is 5.19. The molecule has 0 aliphatic carbocycles. The lowest BCUT2D eigenvalue weighted by atomic mass is 10.0. The number of methoxy groups -OCH3 is 1. The molecular weight excluding hydrogens is 410 g/mol. The van der Waals surface area contributed by atoms with Crippen LogP contribution in [-0.2, 0) is 32.0 Å². The van der Waals surface area contributed by atoms with E-state index in [4.69, 9.17) is 9.47 Å². The minimum absolute atomic E-state index is 0.249. The second-order valence-corrected chi connectivity index (χ2v) is 7.51. The zero-order chi connectivity index (χ0) is 22.9. The molecule has 1 fully saturated rings. The van der Waals surface area contributed by atoms with Crippen LogP contribution in [0, 0.1) is 0 Å². The second kappa shape index (κ2) is 11.3. The van der Waals surface area contributed by atoms with Gasteiger partial charge in [-0.05, 0) is 36.6 Å².